The van der Waals surface area contributed by atoms with Gasteiger partial charge in [0.15, 0.2) is 5.60 Å². The second kappa shape index (κ2) is 9.94. The van der Waals surface area contributed by atoms with E-state index in [2.05, 4.69) is 0 Å². The lowest BCUT2D eigenvalue weighted by molar-refractivity contribution is -0.153. The number of benzene rings is 3. The minimum atomic E-state index is -1.16. The molecule has 0 atom stereocenters. The lowest BCUT2D eigenvalue weighted by Gasteiger charge is -2.35. The predicted molar refractivity (Wildman–Crippen MR) is 115 cm³/mol. The summed E-state index contributed by atoms with van der Waals surface area (Å²) in [5.41, 5.74) is 1.23. The molecule has 0 bridgehead atoms. The molecule has 1 N–H and O–H groups in total. The van der Waals surface area contributed by atoms with Gasteiger partial charge in [-0.05, 0) is 30.7 Å². The van der Waals surface area contributed by atoms with Crippen LogP contribution in [0.1, 0.15) is 29.5 Å². The van der Waals surface area contributed by atoms with Gasteiger partial charge in [-0.2, -0.15) is 0 Å². The van der Waals surface area contributed by atoms with E-state index in [1.165, 1.54) is 0 Å². The van der Waals surface area contributed by atoms with Crippen LogP contribution in [0.4, 0.5) is 0 Å². The zero-order chi connectivity index (χ0) is 21.4. The predicted octanol–water partition coefficient (Wildman–Crippen LogP) is 4.31. The van der Waals surface area contributed by atoms with Crippen molar-refractivity contribution < 1.29 is 24.1 Å². The number of carbonyl (C=O) groups excluding carboxylic acids is 1. The number of carbonyl (C=O) groups is 1. The molecule has 0 unspecified atom stereocenters. The number of rotatable bonds is 9. The van der Waals surface area contributed by atoms with E-state index in [1.807, 2.05) is 78.9 Å². The molecule has 0 amide bonds. The van der Waals surface area contributed by atoms with E-state index in [0.29, 0.717) is 17.9 Å². The van der Waals surface area contributed by atoms with Gasteiger partial charge in [0, 0.05) is 29.7 Å². The first-order valence-electron chi connectivity index (χ1n) is 9.81. The molecule has 0 spiro atoms. The summed E-state index contributed by atoms with van der Waals surface area (Å²) in [5, 5.41) is 9.14. The summed E-state index contributed by atoms with van der Waals surface area (Å²) in [6, 6.07) is 24.6. The highest BCUT2D eigenvalue weighted by molar-refractivity contribution is 5.72. The highest BCUT2D eigenvalue weighted by Crippen LogP contribution is 2.42. The fourth-order valence-electron chi connectivity index (χ4n) is 3.45. The monoisotopic (exact) mass is 406 g/mol. The van der Waals surface area contributed by atoms with Gasteiger partial charge in [0.1, 0.15) is 11.5 Å². The Hall–Kier alpha value is -3.31. The van der Waals surface area contributed by atoms with Gasteiger partial charge < -0.3 is 19.3 Å². The van der Waals surface area contributed by atoms with Gasteiger partial charge in [-0.15, -0.1) is 0 Å². The van der Waals surface area contributed by atoms with Gasteiger partial charge in [0.2, 0.25) is 0 Å². The van der Waals surface area contributed by atoms with Gasteiger partial charge in [-0.25, -0.2) is 0 Å². The largest absolute Gasteiger partial charge is 0.497 e. The normalized spacial score (nSPS) is 11.0. The van der Waals surface area contributed by atoms with Gasteiger partial charge in [0.25, 0.3) is 0 Å². The van der Waals surface area contributed by atoms with Crippen LogP contribution in [0, 0.1) is 0 Å². The van der Waals surface area contributed by atoms with Crippen molar-refractivity contribution in [2.45, 2.75) is 18.4 Å². The average Bonchev–Trinajstić information content (AvgIpc) is 2.82. The Bertz CT molecular complexity index is 886. The van der Waals surface area contributed by atoms with Crippen LogP contribution in [0.5, 0.6) is 11.5 Å². The molecule has 0 saturated heterocycles. The maximum Gasteiger partial charge on any atom is 0.307 e. The molecule has 0 saturated carbocycles. The summed E-state index contributed by atoms with van der Waals surface area (Å²) in [6.45, 7) is -0.0709. The summed E-state index contributed by atoms with van der Waals surface area (Å²) in [4.78, 5) is 12.8. The fraction of sp³-hybridized carbons (Fsp3) is 0.240. The van der Waals surface area contributed by atoms with Crippen molar-refractivity contribution in [2.24, 2.45) is 0 Å². The van der Waals surface area contributed by atoms with Crippen molar-refractivity contribution in [3.05, 3.63) is 95.6 Å². The van der Waals surface area contributed by atoms with Crippen molar-refractivity contribution in [2.75, 3.05) is 20.8 Å². The van der Waals surface area contributed by atoms with E-state index in [4.69, 9.17) is 19.3 Å². The van der Waals surface area contributed by atoms with Gasteiger partial charge in [0.05, 0.1) is 14.2 Å². The van der Waals surface area contributed by atoms with Crippen LogP contribution in [0.25, 0.3) is 0 Å². The molecule has 0 aliphatic rings. The Morgan fingerprint density at radius 3 is 1.67 bits per heavy atom. The standard InChI is InChI=1S/C25H26O5/c1-28-22-14-10-20(11-15-22)25(19-7-4-3-5-8-19,30-24(27)9-6-18-26)21-12-16-23(29-2)17-13-21/h3-5,7-8,10-17,26H,6,9,18H2,1-2H3. The third-order valence-corrected chi connectivity index (χ3v) is 4.98. The van der Waals surface area contributed by atoms with Crippen molar-refractivity contribution in [1.29, 1.82) is 0 Å². The van der Waals surface area contributed by atoms with Gasteiger partial charge >= 0.3 is 5.97 Å². The molecule has 30 heavy (non-hydrogen) atoms. The third-order valence-electron chi connectivity index (χ3n) is 4.98. The summed E-state index contributed by atoms with van der Waals surface area (Å²) in [5.74, 6) is 1.03. The van der Waals surface area contributed by atoms with E-state index < -0.39 is 5.60 Å². The molecule has 5 heteroatoms. The number of methoxy groups -OCH3 is 2. The van der Waals surface area contributed by atoms with Crippen LogP contribution in [0.15, 0.2) is 78.9 Å². The topological polar surface area (TPSA) is 65.0 Å². The van der Waals surface area contributed by atoms with Crippen molar-refractivity contribution in [3.8, 4) is 11.5 Å². The van der Waals surface area contributed by atoms with Crippen LogP contribution in [0.2, 0.25) is 0 Å². The minimum Gasteiger partial charge on any atom is -0.497 e. The van der Waals surface area contributed by atoms with Crippen LogP contribution in [-0.4, -0.2) is 31.9 Å². The van der Waals surface area contributed by atoms with E-state index in [0.717, 1.165) is 16.7 Å². The van der Waals surface area contributed by atoms with Crippen LogP contribution in [-0.2, 0) is 15.1 Å². The van der Waals surface area contributed by atoms with Gasteiger partial charge in [-0.1, -0.05) is 54.6 Å². The third kappa shape index (κ3) is 4.47. The maximum atomic E-state index is 12.8. The molecule has 3 aromatic carbocycles. The lowest BCUT2D eigenvalue weighted by atomic mass is 9.80. The number of esters is 1. The van der Waals surface area contributed by atoms with Crippen molar-refractivity contribution >= 4 is 5.97 Å². The molecule has 0 fully saturated rings. The SMILES string of the molecule is COc1ccc(C(OC(=O)CCCO)(c2ccccc2)c2ccc(OC)cc2)cc1. The van der Waals surface area contributed by atoms with Crippen LogP contribution >= 0.6 is 0 Å². The van der Waals surface area contributed by atoms with Gasteiger partial charge in [-0.3, -0.25) is 4.79 Å². The van der Waals surface area contributed by atoms with Crippen molar-refractivity contribution in [3.63, 3.8) is 0 Å². The Morgan fingerprint density at radius 2 is 1.23 bits per heavy atom. The molecular weight excluding hydrogens is 380 g/mol. The minimum absolute atomic E-state index is 0.0709. The summed E-state index contributed by atoms with van der Waals surface area (Å²) >= 11 is 0. The molecular formula is C25H26O5. The number of aliphatic hydroxyl groups excluding tert-OH is 1. The Balaban J connectivity index is 2.21. The second-order valence-corrected chi connectivity index (χ2v) is 6.81. The average molecular weight is 406 g/mol. The van der Waals surface area contributed by atoms with E-state index in [9.17, 15) is 4.79 Å². The second-order valence-electron chi connectivity index (χ2n) is 6.81. The first kappa shape index (κ1) is 21.4. The van der Waals surface area contributed by atoms with E-state index in [-0.39, 0.29) is 19.0 Å². The zero-order valence-corrected chi connectivity index (χ0v) is 17.2. The molecule has 0 heterocycles. The van der Waals surface area contributed by atoms with Crippen LogP contribution < -0.4 is 9.47 Å². The smallest absolute Gasteiger partial charge is 0.307 e. The molecule has 0 radical (unpaired) electrons. The molecule has 3 aromatic rings. The summed E-state index contributed by atoms with van der Waals surface area (Å²) in [7, 11) is 3.22. The first-order valence-corrected chi connectivity index (χ1v) is 9.81. The molecule has 3 rings (SSSR count). The van der Waals surface area contributed by atoms with Crippen LogP contribution in [0.3, 0.4) is 0 Å². The van der Waals surface area contributed by atoms with E-state index in [1.54, 1.807) is 14.2 Å². The van der Waals surface area contributed by atoms with Crippen molar-refractivity contribution in [1.82, 2.24) is 0 Å². The quantitative estimate of drug-likeness (QED) is 0.424. The lowest BCUT2D eigenvalue weighted by Crippen LogP contribution is -2.35. The Labute approximate surface area is 176 Å². The highest BCUT2D eigenvalue weighted by atomic mass is 16.6. The molecule has 5 nitrogen and oxygen atoms in total. The summed E-state index contributed by atoms with van der Waals surface area (Å²) in [6.07, 6.45) is 0.465. The Morgan fingerprint density at radius 1 is 0.767 bits per heavy atom. The number of aliphatic hydroxyl groups is 1. The maximum absolute atomic E-state index is 12.8. The molecule has 0 aromatic heterocycles. The summed E-state index contributed by atoms with van der Waals surface area (Å²) < 4.78 is 16.8. The zero-order valence-electron chi connectivity index (χ0n) is 17.2. The first-order chi connectivity index (χ1) is 14.6. The number of ether oxygens (including phenoxy) is 3. The molecule has 0 aliphatic carbocycles. The molecule has 156 valence electrons. The Kier molecular flexibility index (Phi) is 7.09. The highest BCUT2D eigenvalue weighted by Gasteiger charge is 2.40. The molecule has 0 aliphatic heterocycles. The van der Waals surface area contributed by atoms with E-state index >= 15 is 0 Å². The number of hydrogen-bond acceptors (Lipinski definition) is 5. The fourth-order valence-corrected chi connectivity index (χ4v) is 3.45. The number of hydrogen-bond donors (Lipinski definition) is 1.